The van der Waals surface area contributed by atoms with Gasteiger partial charge < -0.3 is 16.0 Å². The Morgan fingerprint density at radius 2 is 1.64 bits per heavy atom. The van der Waals surface area contributed by atoms with Crippen LogP contribution >= 0.6 is 12.4 Å². The Morgan fingerprint density at radius 1 is 1.07 bits per heavy atom. The molecule has 1 aliphatic rings. The lowest BCUT2D eigenvalue weighted by Gasteiger charge is -2.34. The van der Waals surface area contributed by atoms with Crippen molar-refractivity contribution in [3.8, 4) is 0 Å². The van der Waals surface area contributed by atoms with Crippen LogP contribution in [0.1, 0.15) is 26.7 Å². The first-order chi connectivity index (χ1) is 12.7. The highest BCUT2D eigenvalue weighted by Gasteiger charge is 2.30. The maximum absolute atomic E-state index is 12.6. The van der Waals surface area contributed by atoms with E-state index >= 15 is 0 Å². The average Bonchev–Trinajstić information content (AvgIpc) is 2.66. The molecule has 1 saturated heterocycles. The van der Waals surface area contributed by atoms with E-state index in [1.165, 1.54) is 4.31 Å². The fourth-order valence-electron chi connectivity index (χ4n) is 2.79. The van der Waals surface area contributed by atoms with Gasteiger partial charge in [-0.3, -0.25) is 9.59 Å². The van der Waals surface area contributed by atoms with E-state index in [9.17, 15) is 18.0 Å². The lowest BCUT2D eigenvalue weighted by Crippen LogP contribution is -2.51. The minimum absolute atomic E-state index is 0. The SMILES string of the molecule is CC(C)(CN)NC(=O)CCC(=O)N1CCN(S(=O)(=O)c2ccccc2)CC1.Cl. The van der Waals surface area contributed by atoms with Crippen LogP contribution in [0.2, 0.25) is 0 Å². The third-order valence-corrected chi connectivity index (χ3v) is 6.44. The summed E-state index contributed by atoms with van der Waals surface area (Å²) in [6.45, 7) is 5.08. The summed E-state index contributed by atoms with van der Waals surface area (Å²) in [4.78, 5) is 26.1. The third kappa shape index (κ3) is 6.44. The van der Waals surface area contributed by atoms with Gasteiger partial charge in [0.1, 0.15) is 0 Å². The van der Waals surface area contributed by atoms with E-state index in [2.05, 4.69) is 5.32 Å². The van der Waals surface area contributed by atoms with Crippen LogP contribution < -0.4 is 11.1 Å². The van der Waals surface area contributed by atoms with E-state index in [-0.39, 0.29) is 55.0 Å². The molecule has 2 amide bonds. The molecular weight excluding hydrogens is 404 g/mol. The molecule has 10 heteroatoms. The molecule has 1 fully saturated rings. The molecule has 0 radical (unpaired) electrons. The number of amides is 2. The van der Waals surface area contributed by atoms with Gasteiger partial charge in [0.2, 0.25) is 21.8 Å². The van der Waals surface area contributed by atoms with E-state index in [0.29, 0.717) is 19.6 Å². The topological polar surface area (TPSA) is 113 Å². The van der Waals surface area contributed by atoms with Crippen molar-refractivity contribution in [2.75, 3.05) is 32.7 Å². The van der Waals surface area contributed by atoms with Gasteiger partial charge in [0.15, 0.2) is 0 Å². The lowest BCUT2D eigenvalue weighted by atomic mass is 10.1. The van der Waals surface area contributed by atoms with Crippen LogP contribution in [-0.2, 0) is 19.6 Å². The molecule has 1 aromatic carbocycles. The second-order valence-corrected chi connectivity index (χ2v) is 9.17. The van der Waals surface area contributed by atoms with Gasteiger partial charge >= 0.3 is 0 Å². The number of halogens is 1. The maximum atomic E-state index is 12.6. The number of carbonyl (C=O) groups is 2. The van der Waals surface area contributed by atoms with Crippen LogP contribution in [0.3, 0.4) is 0 Å². The average molecular weight is 433 g/mol. The first-order valence-corrected chi connectivity index (χ1v) is 10.4. The van der Waals surface area contributed by atoms with Gasteiger partial charge in [0, 0.05) is 51.1 Å². The Labute approximate surface area is 172 Å². The summed E-state index contributed by atoms with van der Waals surface area (Å²) >= 11 is 0. The Balaban J connectivity index is 0.00000392. The number of carbonyl (C=O) groups excluding carboxylic acids is 2. The number of hydrogen-bond donors (Lipinski definition) is 2. The predicted molar refractivity (Wildman–Crippen MR) is 110 cm³/mol. The largest absolute Gasteiger partial charge is 0.350 e. The Bertz CT molecular complexity index is 763. The van der Waals surface area contributed by atoms with Crippen LogP contribution in [0.4, 0.5) is 0 Å². The molecule has 2 rings (SSSR count). The molecule has 0 unspecified atom stereocenters. The standard InChI is InChI=1S/C18H28N4O4S.ClH/c1-18(2,14-19)20-16(23)8-9-17(24)21-10-12-22(13-11-21)27(25,26)15-6-4-3-5-7-15;/h3-7H,8-14,19H2,1-2H3,(H,20,23);1H. The zero-order valence-electron chi connectivity index (χ0n) is 16.3. The number of rotatable bonds is 7. The molecule has 28 heavy (non-hydrogen) atoms. The summed E-state index contributed by atoms with van der Waals surface area (Å²) in [6.07, 6.45) is 0.183. The number of nitrogens with one attached hydrogen (secondary N) is 1. The van der Waals surface area contributed by atoms with Crippen molar-refractivity contribution >= 4 is 34.2 Å². The Kier molecular flexibility index (Phi) is 8.87. The number of nitrogens with two attached hydrogens (primary N) is 1. The number of nitrogens with zero attached hydrogens (tertiary/aromatic N) is 2. The fraction of sp³-hybridized carbons (Fsp3) is 0.556. The second kappa shape index (κ2) is 10.2. The van der Waals surface area contributed by atoms with Gasteiger partial charge in [-0.15, -0.1) is 12.4 Å². The molecule has 8 nitrogen and oxygen atoms in total. The minimum atomic E-state index is -3.54. The van der Waals surface area contributed by atoms with E-state index in [1.807, 2.05) is 13.8 Å². The fourth-order valence-corrected chi connectivity index (χ4v) is 4.23. The molecule has 158 valence electrons. The van der Waals surface area contributed by atoms with Gasteiger partial charge in [0.25, 0.3) is 0 Å². The smallest absolute Gasteiger partial charge is 0.243 e. The summed E-state index contributed by atoms with van der Waals surface area (Å²) in [7, 11) is -3.54. The first kappa shape index (κ1) is 24.4. The molecule has 3 N–H and O–H groups in total. The Morgan fingerprint density at radius 3 is 2.18 bits per heavy atom. The molecule has 0 saturated carbocycles. The molecule has 1 aliphatic heterocycles. The van der Waals surface area contributed by atoms with Gasteiger partial charge in [-0.1, -0.05) is 18.2 Å². The molecule has 0 atom stereocenters. The van der Waals surface area contributed by atoms with Crippen LogP contribution in [0, 0.1) is 0 Å². The molecule has 0 aliphatic carbocycles. The normalized spacial score (nSPS) is 15.6. The minimum Gasteiger partial charge on any atom is -0.350 e. The lowest BCUT2D eigenvalue weighted by molar-refractivity contribution is -0.134. The van der Waals surface area contributed by atoms with Gasteiger partial charge in [-0.05, 0) is 26.0 Å². The zero-order valence-corrected chi connectivity index (χ0v) is 17.9. The Hall–Kier alpha value is -1.68. The van der Waals surface area contributed by atoms with Crippen LogP contribution in [0.25, 0.3) is 0 Å². The van der Waals surface area contributed by atoms with Crippen molar-refractivity contribution in [2.45, 2.75) is 37.1 Å². The zero-order chi connectivity index (χ0) is 20.1. The summed E-state index contributed by atoms with van der Waals surface area (Å²) in [6, 6.07) is 8.26. The van der Waals surface area contributed by atoms with Crippen LogP contribution in [-0.4, -0.2) is 67.7 Å². The molecule has 0 bridgehead atoms. The monoisotopic (exact) mass is 432 g/mol. The van der Waals surface area contributed by atoms with E-state index in [0.717, 1.165) is 0 Å². The van der Waals surface area contributed by atoms with Crippen molar-refractivity contribution in [1.29, 1.82) is 0 Å². The van der Waals surface area contributed by atoms with Gasteiger partial charge in [-0.25, -0.2) is 8.42 Å². The van der Waals surface area contributed by atoms with Crippen molar-refractivity contribution < 1.29 is 18.0 Å². The van der Waals surface area contributed by atoms with Crippen molar-refractivity contribution in [2.24, 2.45) is 5.73 Å². The van der Waals surface area contributed by atoms with Crippen molar-refractivity contribution in [1.82, 2.24) is 14.5 Å². The van der Waals surface area contributed by atoms with Gasteiger partial charge in [-0.2, -0.15) is 4.31 Å². The highest BCUT2D eigenvalue weighted by atomic mass is 35.5. The number of hydrogen-bond acceptors (Lipinski definition) is 5. The summed E-state index contributed by atoms with van der Waals surface area (Å²) in [5.74, 6) is -0.364. The van der Waals surface area contributed by atoms with E-state index in [4.69, 9.17) is 5.73 Å². The first-order valence-electron chi connectivity index (χ1n) is 9.00. The second-order valence-electron chi connectivity index (χ2n) is 7.23. The summed E-state index contributed by atoms with van der Waals surface area (Å²) < 4.78 is 26.6. The molecular formula is C18H29ClN4O4S. The van der Waals surface area contributed by atoms with E-state index < -0.39 is 15.6 Å². The van der Waals surface area contributed by atoms with Crippen molar-refractivity contribution in [3.05, 3.63) is 30.3 Å². The quantitative estimate of drug-likeness (QED) is 0.654. The van der Waals surface area contributed by atoms with Crippen molar-refractivity contribution in [3.63, 3.8) is 0 Å². The summed E-state index contributed by atoms with van der Waals surface area (Å²) in [5, 5.41) is 2.79. The predicted octanol–water partition coefficient (Wildman–Crippen LogP) is 0.575. The van der Waals surface area contributed by atoms with Crippen LogP contribution in [0.5, 0.6) is 0 Å². The maximum Gasteiger partial charge on any atom is 0.243 e. The number of benzene rings is 1. The molecule has 0 aromatic heterocycles. The number of sulfonamides is 1. The molecule has 0 spiro atoms. The molecule has 1 aromatic rings. The van der Waals surface area contributed by atoms with E-state index in [1.54, 1.807) is 35.2 Å². The third-order valence-electron chi connectivity index (χ3n) is 4.53. The number of piperazine rings is 1. The highest BCUT2D eigenvalue weighted by Crippen LogP contribution is 2.17. The summed E-state index contributed by atoms with van der Waals surface area (Å²) in [5.41, 5.74) is 5.07. The van der Waals surface area contributed by atoms with Crippen LogP contribution in [0.15, 0.2) is 35.2 Å². The van der Waals surface area contributed by atoms with Gasteiger partial charge in [0.05, 0.1) is 4.90 Å². The highest BCUT2D eigenvalue weighted by molar-refractivity contribution is 7.89. The molecule has 1 heterocycles.